The predicted octanol–water partition coefficient (Wildman–Crippen LogP) is -1.01. The number of nitrogens with two attached hydrogens (primary N) is 1. The molecule has 2 saturated carbocycles. The van der Waals surface area contributed by atoms with Crippen molar-refractivity contribution in [2.45, 2.75) is 75.4 Å². The van der Waals surface area contributed by atoms with Gasteiger partial charge in [-0.15, -0.1) is 6.58 Å². The van der Waals surface area contributed by atoms with Crippen LogP contribution in [0.5, 0.6) is 0 Å². The summed E-state index contributed by atoms with van der Waals surface area (Å²) in [6.07, 6.45) is 1.80. The van der Waals surface area contributed by atoms with Gasteiger partial charge in [-0.3, -0.25) is 19.1 Å². The Bertz CT molecular complexity index is 894. The van der Waals surface area contributed by atoms with Crippen molar-refractivity contribution in [3.63, 3.8) is 0 Å². The first-order valence-corrected chi connectivity index (χ1v) is 12.0. The number of hydrogen-bond acceptors (Lipinski definition) is 7. The van der Waals surface area contributed by atoms with Crippen LogP contribution in [0.4, 0.5) is 0 Å². The normalized spacial score (nSPS) is 31.6. The zero-order valence-corrected chi connectivity index (χ0v) is 18.9. The number of likely N-dealkylation sites (tertiary alicyclic amines) is 1. The summed E-state index contributed by atoms with van der Waals surface area (Å²) < 4.78 is 26.5. The molecule has 0 aromatic carbocycles. The van der Waals surface area contributed by atoms with Crippen LogP contribution in [-0.2, 0) is 24.4 Å². The maximum absolute atomic E-state index is 13.1. The molecule has 31 heavy (non-hydrogen) atoms. The summed E-state index contributed by atoms with van der Waals surface area (Å²) >= 11 is 0. The SMILES string of the molecule is C=CC1CC1(NC(=O)C1CC(O)CN1C(=O)C(N)C(C)(C)C)C(=O)NS(=O)(=O)C1CC1. The summed E-state index contributed by atoms with van der Waals surface area (Å²) in [6, 6.07) is -1.89. The topological polar surface area (TPSA) is 159 Å². The van der Waals surface area contributed by atoms with E-state index in [0.717, 1.165) is 0 Å². The van der Waals surface area contributed by atoms with Crippen LogP contribution in [0.15, 0.2) is 12.7 Å². The molecule has 0 radical (unpaired) electrons. The Morgan fingerprint density at radius 1 is 1.29 bits per heavy atom. The lowest BCUT2D eigenvalue weighted by atomic mass is 9.86. The number of amides is 3. The molecule has 3 fully saturated rings. The number of rotatable bonds is 7. The van der Waals surface area contributed by atoms with E-state index < -0.39 is 68.1 Å². The van der Waals surface area contributed by atoms with Crippen LogP contribution < -0.4 is 15.8 Å². The van der Waals surface area contributed by atoms with Crippen LogP contribution in [0.2, 0.25) is 0 Å². The third-order valence-electron chi connectivity index (χ3n) is 6.31. The van der Waals surface area contributed by atoms with Gasteiger partial charge in [0.15, 0.2) is 0 Å². The Hall–Kier alpha value is -1.98. The van der Waals surface area contributed by atoms with Gasteiger partial charge >= 0.3 is 0 Å². The van der Waals surface area contributed by atoms with E-state index >= 15 is 0 Å². The van der Waals surface area contributed by atoms with Crippen molar-refractivity contribution >= 4 is 27.7 Å². The highest BCUT2D eigenvalue weighted by Gasteiger charge is 2.61. The van der Waals surface area contributed by atoms with Crippen molar-refractivity contribution in [1.82, 2.24) is 14.9 Å². The van der Waals surface area contributed by atoms with Crippen molar-refractivity contribution in [3.05, 3.63) is 12.7 Å². The number of nitrogens with zero attached hydrogens (tertiary/aromatic N) is 1. The first-order valence-electron chi connectivity index (χ1n) is 10.5. The van der Waals surface area contributed by atoms with E-state index in [1.54, 1.807) is 20.8 Å². The van der Waals surface area contributed by atoms with Gasteiger partial charge in [0, 0.05) is 18.9 Å². The Kier molecular flexibility index (Phi) is 6.00. The van der Waals surface area contributed by atoms with Crippen molar-refractivity contribution in [3.8, 4) is 0 Å². The molecule has 2 aliphatic carbocycles. The van der Waals surface area contributed by atoms with E-state index in [1.165, 1.54) is 11.0 Å². The number of carbonyl (C=O) groups excluding carboxylic acids is 3. The number of aliphatic hydroxyl groups excluding tert-OH is 1. The number of carbonyl (C=O) groups is 3. The molecule has 1 aliphatic heterocycles. The van der Waals surface area contributed by atoms with Gasteiger partial charge in [0.2, 0.25) is 21.8 Å². The molecular weight excluding hydrogens is 424 g/mol. The third-order valence-corrected chi connectivity index (χ3v) is 8.13. The van der Waals surface area contributed by atoms with Crippen molar-refractivity contribution < 1.29 is 27.9 Å². The average molecular weight is 457 g/mol. The molecule has 5 N–H and O–H groups in total. The highest BCUT2D eigenvalue weighted by molar-refractivity contribution is 7.91. The molecule has 1 saturated heterocycles. The summed E-state index contributed by atoms with van der Waals surface area (Å²) in [5.74, 6) is -2.33. The molecule has 0 bridgehead atoms. The van der Waals surface area contributed by atoms with Crippen LogP contribution in [0.3, 0.4) is 0 Å². The first kappa shape index (κ1) is 23.7. The average Bonchev–Trinajstić information content (AvgIpc) is 3.57. The quantitative estimate of drug-likeness (QED) is 0.357. The summed E-state index contributed by atoms with van der Waals surface area (Å²) in [5, 5.41) is 12.2. The molecular formula is C20H32N4O6S. The van der Waals surface area contributed by atoms with Crippen LogP contribution in [0, 0.1) is 11.3 Å². The molecule has 5 atom stereocenters. The minimum atomic E-state index is -3.78. The van der Waals surface area contributed by atoms with Gasteiger partial charge in [-0.1, -0.05) is 26.8 Å². The Labute approximate surface area is 182 Å². The fourth-order valence-electron chi connectivity index (χ4n) is 3.87. The van der Waals surface area contributed by atoms with E-state index in [4.69, 9.17) is 5.73 Å². The molecule has 1 heterocycles. The first-order chi connectivity index (χ1) is 14.2. The van der Waals surface area contributed by atoms with E-state index in [0.29, 0.717) is 12.8 Å². The van der Waals surface area contributed by atoms with Gasteiger partial charge in [0.05, 0.1) is 17.4 Å². The third kappa shape index (κ3) is 4.63. The molecule has 5 unspecified atom stereocenters. The molecule has 11 heteroatoms. The maximum atomic E-state index is 13.1. The molecule has 3 rings (SSSR count). The number of sulfonamides is 1. The molecule has 10 nitrogen and oxygen atoms in total. The number of β-amino-alcohol motifs (C(OH)–C–C–N with tert-alkyl or cyclic N) is 1. The van der Waals surface area contributed by atoms with Crippen molar-refractivity contribution in [2.24, 2.45) is 17.1 Å². The van der Waals surface area contributed by atoms with Crippen molar-refractivity contribution in [2.75, 3.05) is 6.54 Å². The van der Waals surface area contributed by atoms with Gasteiger partial charge in [0.1, 0.15) is 11.6 Å². The van der Waals surface area contributed by atoms with Crippen LogP contribution in [-0.4, -0.2) is 71.7 Å². The summed E-state index contributed by atoms with van der Waals surface area (Å²) in [5.41, 5.74) is 4.09. The lowest BCUT2D eigenvalue weighted by Gasteiger charge is -2.33. The van der Waals surface area contributed by atoms with E-state index in [9.17, 15) is 27.9 Å². The zero-order valence-electron chi connectivity index (χ0n) is 18.1. The van der Waals surface area contributed by atoms with Gasteiger partial charge in [-0.05, 0) is 24.7 Å². The van der Waals surface area contributed by atoms with E-state index in [2.05, 4.69) is 16.6 Å². The van der Waals surface area contributed by atoms with Gasteiger partial charge in [-0.25, -0.2) is 8.42 Å². The monoisotopic (exact) mass is 456 g/mol. The zero-order chi connectivity index (χ0) is 23.4. The minimum absolute atomic E-state index is 0.00522. The second-order valence-electron chi connectivity index (χ2n) is 9.92. The Morgan fingerprint density at radius 2 is 1.90 bits per heavy atom. The Morgan fingerprint density at radius 3 is 2.39 bits per heavy atom. The minimum Gasteiger partial charge on any atom is -0.391 e. The van der Waals surface area contributed by atoms with E-state index in [-0.39, 0.29) is 19.4 Å². The van der Waals surface area contributed by atoms with E-state index in [1.807, 2.05) is 0 Å². The van der Waals surface area contributed by atoms with Crippen LogP contribution in [0.25, 0.3) is 0 Å². The highest BCUT2D eigenvalue weighted by Crippen LogP contribution is 2.45. The fraction of sp³-hybridized carbons (Fsp3) is 0.750. The standard InChI is InChI=1S/C20H32N4O6S/c1-5-11-9-20(11,18(28)23-31(29,30)13-6-7-13)22-16(26)14-8-12(25)10-24(14)17(27)15(21)19(2,3)4/h5,11-15,25H,1,6-10,21H2,2-4H3,(H,22,26)(H,23,28). The molecule has 3 aliphatic rings. The molecule has 3 amide bonds. The second-order valence-corrected chi connectivity index (χ2v) is 11.9. The Balaban J connectivity index is 1.76. The fourth-order valence-corrected chi connectivity index (χ4v) is 5.24. The molecule has 0 aromatic rings. The van der Waals surface area contributed by atoms with Gasteiger partial charge in [0.25, 0.3) is 5.91 Å². The maximum Gasteiger partial charge on any atom is 0.259 e. The van der Waals surface area contributed by atoms with Gasteiger partial charge < -0.3 is 21.1 Å². The molecule has 0 aromatic heterocycles. The highest BCUT2D eigenvalue weighted by atomic mass is 32.2. The number of aliphatic hydroxyl groups is 1. The lowest BCUT2D eigenvalue weighted by molar-refractivity contribution is -0.142. The summed E-state index contributed by atoms with van der Waals surface area (Å²) in [7, 11) is -3.78. The second kappa shape index (κ2) is 7.86. The molecule has 0 spiro atoms. The van der Waals surface area contributed by atoms with Gasteiger partial charge in [-0.2, -0.15) is 0 Å². The summed E-state index contributed by atoms with van der Waals surface area (Å²) in [6.45, 7) is 9.02. The van der Waals surface area contributed by atoms with Crippen LogP contribution >= 0.6 is 0 Å². The lowest BCUT2D eigenvalue weighted by Crippen LogP contribution is -2.58. The number of nitrogens with one attached hydrogen (secondary N) is 2. The van der Waals surface area contributed by atoms with Crippen LogP contribution in [0.1, 0.15) is 46.5 Å². The molecule has 174 valence electrons. The number of hydrogen-bond donors (Lipinski definition) is 4. The smallest absolute Gasteiger partial charge is 0.259 e. The largest absolute Gasteiger partial charge is 0.391 e. The predicted molar refractivity (Wildman–Crippen MR) is 113 cm³/mol. The van der Waals surface area contributed by atoms with Crippen molar-refractivity contribution in [1.29, 1.82) is 0 Å². The summed E-state index contributed by atoms with van der Waals surface area (Å²) in [4.78, 5) is 40.0.